The van der Waals surface area contributed by atoms with Crippen molar-refractivity contribution in [2.24, 2.45) is 11.8 Å². The van der Waals surface area contributed by atoms with E-state index in [4.69, 9.17) is 14.2 Å². The van der Waals surface area contributed by atoms with Gasteiger partial charge in [0.15, 0.2) is 23.1 Å². The van der Waals surface area contributed by atoms with E-state index in [9.17, 15) is 23.2 Å². The molecule has 2 heterocycles. The molecule has 8 nitrogen and oxygen atoms in total. The Balaban J connectivity index is 1.32. The van der Waals surface area contributed by atoms with Gasteiger partial charge in [-0.15, -0.1) is 0 Å². The minimum atomic E-state index is -1.03. The minimum absolute atomic E-state index is 0.0353. The molecule has 5 rings (SSSR count). The Bertz CT molecular complexity index is 1530. The number of anilines is 1. The van der Waals surface area contributed by atoms with Crippen LogP contribution >= 0.6 is 0 Å². The highest BCUT2D eigenvalue weighted by Crippen LogP contribution is 2.41. The Morgan fingerprint density at radius 3 is 2.60 bits per heavy atom. The normalized spacial score (nSPS) is 20.1. The molecule has 1 saturated carbocycles. The van der Waals surface area contributed by atoms with Crippen LogP contribution in [0.2, 0.25) is 0 Å². The Labute approximate surface area is 228 Å². The maximum atomic E-state index is 15.4. The van der Waals surface area contributed by atoms with Gasteiger partial charge in [0, 0.05) is 12.1 Å². The second-order valence-corrected chi connectivity index (χ2v) is 10.2. The molecule has 212 valence electrons. The molecule has 2 aliphatic rings. The summed E-state index contributed by atoms with van der Waals surface area (Å²) in [5.74, 6) is -4.50. The first kappa shape index (κ1) is 27.5. The van der Waals surface area contributed by atoms with Gasteiger partial charge in [-0.1, -0.05) is 6.07 Å². The molecule has 1 aliphatic heterocycles. The molecule has 11 heteroatoms. The highest BCUT2D eigenvalue weighted by atomic mass is 19.2. The third kappa shape index (κ3) is 5.12. The van der Waals surface area contributed by atoms with Gasteiger partial charge in [-0.25, -0.2) is 13.6 Å². The molecule has 3 aromatic rings. The van der Waals surface area contributed by atoms with Crippen LogP contribution < -0.4 is 20.2 Å². The molecule has 1 aromatic heterocycles. The summed E-state index contributed by atoms with van der Waals surface area (Å²) in [6, 6.07) is 4.50. The molecule has 1 atom stereocenters. The molecular weight excluding hydrogens is 529 g/mol. The number of hydrogen-bond acceptors (Lipinski definition) is 6. The van der Waals surface area contributed by atoms with E-state index < -0.39 is 34.8 Å². The first-order valence-electron chi connectivity index (χ1n) is 13.3. The van der Waals surface area contributed by atoms with Crippen molar-refractivity contribution in [2.75, 3.05) is 25.1 Å². The van der Waals surface area contributed by atoms with Gasteiger partial charge >= 0.3 is 5.97 Å². The van der Waals surface area contributed by atoms with Gasteiger partial charge in [-0.2, -0.15) is 4.39 Å². The summed E-state index contributed by atoms with van der Waals surface area (Å²) < 4.78 is 60.6. The van der Waals surface area contributed by atoms with Crippen LogP contribution in [0.25, 0.3) is 10.9 Å². The number of amides is 1. The topological polar surface area (TPSA) is 95.9 Å². The fraction of sp³-hybridized carbons (Fsp3) is 0.414. The van der Waals surface area contributed by atoms with Crippen molar-refractivity contribution in [1.29, 1.82) is 0 Å². The zero-order valence-corrected chi connectivity index (χ0v) is 22.1. The largest absolute Gasteiger partial charge is 0.490 e. The number of hydrogen-bond donors (Lipinski definition) is 1. The Kier molecular flexibility index (Phi) is 7.73. The SMILES string of the molecule is CCOC(=O)c1cn2c3c(c(NC(=O)C4CCC(COc5cccc(F)c5F)CC4)c(F)cc3c1=O)OC[C@@H]2C. The zero-order valence-electron chi connectivity index (χ0n) is 22.1. The van der Waals surface area contributed by atoms with E-state index >= 15 is 4.39 Å². The number of ether oxygens (including phenoxy) is 3. The van der Waals surface area contributed by atoms with E-state index in [1.165, 1.54) is 18.3 Å². The number of nitrogens with one attached hydrogen (secondary N) is 1. The van der Waals surface area contributed by atoms with Gasteiger partial charge in [0.1, 0.15) is 17.9 Å². The fourth-order valence-corrected chi connectivity index (χ4v) is 5.32. The molecular formula is C29H29F3N2O6. The number of benzene rings is 2. The number of halogens is 3. The summed E-state index contributed by atoms with van der Waals surface area (Å²) in [6.07, 6.45) is 3.63. The van der Waals surface area contributed by atoms with Crippen LogP contribution in [0.4, 0.5) is 18.9 Å². The number of carbonyl (C=O) groups is 2. The lowest BCUT2D eigenvalue weighted by atomic mass is 9.82. The molecule has 1 fully saturated rings. The number of pyridine rings is 1. The first-order valence-corrected chi connectivity index (χ1v) is 13.3. The fourth-order valence-electron chi connectivity index (χ4n) is 5.32. The average Bonchev–Trinajstić information content (AvgIpc) is 2.94. The summed E-state index contributed by atoms with van der Waals surface area (Å²) in [6.45, 7) is 3.86. The second kappa shape index (κ2) is 11.2. The summed E-state index contributed by atoms with van der Waals surface area (Å²) in [5, 5.41) is 2.62. The van der Waals surface area contributed by atoms with Gasteiger partial charge < -0.3 is 24.1 Å². The maximum Gasteiger partial charge on any atom is 0.343 e. The summed E-state index contributed by atoms with van der Waals surface area (Å²) >= 11 is 0. The highest BCUT2D eigenvalue weighted by molar-refractivity contribution is 6.01. The third-order valence-corrected chi connectivity index (χ3v) is 7.52. The highest BCUT2D eigenvalue weighted by Gasteiger charge is 2.32. The van der Waals surface area contributed by atoms with E-state index in [1.54, 1.807) is 11.5 Å². The van der Waals surface area contributed by atoms with Crippen LogP contribution in [-0.4, -0.2) is 36.3 Å². The van der Waals surface area contributed by atoms with E-state index in [-0.39, 0.29) is 65.8 Å². The second-order valence-electron chi connectivity index (χ2n) is 10.2. The number of aromatic nitrogens is 1. The zero-order chi connectivity index (χ0) is 28.6. The lowest BCUT2D eigenvalue weighted by Crippen LogP contribution is -2.31. The van der Waals surface area contributed by atoms with Crippen LogP contribution in [0, 0.1) is 29.3 Å². The van der Waals surface area contributed by atoms with E-state index in [0.29, 0.717) is 31.2 Å². The van der Waals surface area contributed by atoms with Gasteiger partial charge in [-0.05, 0) is 63.6 Å². The van der Waals surface area contributed by atoms with Crippen molar-refractivity contribution in [3.63, 3.8) is 0 Å². The molecule has 0 bridgehead atoms. The van der Waals surface area contributed by atoms with E-state index in [0.717, 1.165) is 12.1 Å². The third-order valence-electron chi connectivity index (χ3n) is 7.52. The van der Waals surface area contributed by atoms with Crippen molar-refractivity contribution in [2.45, 2.75) is 45.6 Å². The molecule has 0 unspecified atom stereocenters. The lowest BCUT2D eigenvalue weighted by Gasteiger charge is -2.30. The number of esters is 1. The van der Waals surface area contributed by atoms with Crippen molar-refractivity contribution < 1.29 is 37.0 Å². The Morgan fingerprint density at radius 2 is 1.88 bits per heavy atom. The van der Waals surface area contributed by atoms with Crippen LogP contribution in [0.15, 0.2) is 35.3 Å². The molecule has 0 radical (unpaired) electrons. The molecule has 1 N–H and O–H groups in total. The molecule has 0 spiro atoms. The van der Waals surface area contributed by atoms with Crippen molar-refractivity contribution in [3.05, 3.63) is 63.7 Å². The molecule has 2 aromatic carbocycles. The van der Waals surface area contributed by atoms with Gasteiger partial charge in [0.05, 0.1) is 30.2 Å². The van der Waals surface area contributed by atoms with Crippen molar-refractivity contribution in [1.82, 2.24) is 4.57 Å². The van der Waals surface area contributed by atoms with Crippen LogP contribution in [0.1, 0.15) is 55.9 Å². The van der Waals surface area contributed by atoms with Gasteiger partial charge in [0.25, 0.3) is 0 Å². The van der Waals surface area contributed by atoms with Crippen molar-refractivity contribution >= 4 is 28.5 Å². The monoisotopic (exact) mass is 558 g/mol. The van der Waals surface area contributed by atoms with Crippen LogP contribution in [-0.2, 0) is 9.53 Å². The van der Waals surface area contributed by atoms with Crippen LogP contribution in [0.3, 0.4) is 0 Å². The standard InChI is InChI=1S/C29H29F3N2O6/c1-3-38-29(37)19-12-34-15(2)13-40-27-24(21(31)11-18(25(27)34)26(19)35)33-28(36)17-9-7-16(8-10-17)14-39-22-6-4-5-20(30)23(22)32/h4-6,11-12,15-17H,3,7-10,13-14H2,1-2H3,(H,33,36)/t15-,16?,17?/m0/s1. The summed E-state index contributed by atoms with van der Waals surface area (Å²) in [7, 11) is 0. The number of rotatable bonds is 7. The van der Waals surface area contributed by atoms with E-state index in [1.807, 2.05) is 6.92 Å². The summed E-state index contributed by atoms with van der Waals surface area (Å²) in [5.41, 5.74) is -0.752. The van der Waals surface area contributed by atoms with Gasteiger partial charge in [-0.3, -0.25) is 9.59 Å². The van der Waals surface area contributed by atoms with Crippen molar-refractivity contribution in [3.8, 4) is 11.5 Å². The van der Waals surface area contributed by atoms with Gasteiger partial charge in [0.2, 0.25) is 17.2 Å². The summed E-state index contributed by atoms with van der Waals surface area (Å²) in [4.78, 5) is 38.6. The van der Waals surface area contributed by atoms with E-state index in [2.05, 4.69) is 5.32 Å². The first-order chi connectivity index (χ1) is 19.2. The molecule has 0 saturated heterocycles. The number of nitrogens with zero attached hydrogens (tertiary/aromatic N) is 1. The minimum Gasteiger partial charge on any atom is -0.490 e. The smallest absolute Gasteiger partial charge is 0.343 e. The molecule has 40 heavy (non-hydrogen) atoms. The predicted octanol–water partition coefficient (Wildman–Crippen LogP) is 5.37. The average molecular weight is 559 g/mol. The van der Waals surface area contributed by atoms with Crippen LogP contribution in [0.5, 0.6) is 11.5 Å². The molecule has 1 amide bonds. The predicted molar refractivity (Wildman–Crippen MR) is 140 cm³/mol. The maximum absolute atomic E-state index is 15.4. The molecule has 1 aliphatic carbocycles. The Hall–Kier alpha value is -4.02. The lowest BCUT2D eigenvalue weighted by molar-refractivity contribution is -0.121. The Morgan fingerprint density at radius 1 is 1.12 bits per heavy atom. The number of carbonyl (C=O) groups excluding carboxylic acids is 2. The quantitative estimate of drug-likeness (QED) is 0.392.